The number of amides is 1. The van der Waals surface area contributed by atoms with Crippen LogP contribution in [0.4, 0.5) is 4.79 Å². The van der Waals surface area contributed by atoms with Crippen molar-refractivity contribution in [3.63, 3.8) is 0 Å². The minimum Gasteiger partial charge on any atom is -0.444 e. The maximum absolute atomic E-state index is 12.0. The summed E-state index contributed by atoms with van der Waals surface area (Å²) in [5.74, 6) is 0. The van der Waals surface area contributed by atoms with E-state index in [1.165, 1.54) is 11.1 Å². The third-order valence-corrected chi connectivity index (χ3v) is 3.93. The maximum Gasteiger partial charge on any atom is 0.410 e. The number of nitrogens with zero attached hydrogens (tertiary/aromatic N) is 1. The van der Waals surface area contributed by atoms with Gasteiger partial charge in [-0.05, 0) is 58.2 Å². The third kappa shape index (κ3) is 5.02. The Kier molecular flexibility index (Phi) is 5.46. The van der Waals surface area contributed by atoms with Crippen LogP contribution in [0.1, 0.15) is 38.3 Å². The highest BCUT2D eigenvalue weighted by molar-refractivity contribution is 5.68. The molecule has 0 spiro atoms. The van der Waals surface area contributed by atoms with Crippen molar-refractivity contribution in [3.05, 3.63) is 35.4 Å². The second-order valence-electron chi connectivity index (χ2n) is 7.04. The summed E-state index contributed by atoms with van der Waals surface area (Å²) >= 11 is 0. The van der Waals surface area contributed by atoms with Gasteiger partial charge in [-0.25, -0.2) is 4.79 Å². The lowest BCUT2D eigenvalue weighted by Crippen LogP contribution is -2.38. The monoisotopic (exact) mass is 304 g/mol. The number of hydrogen-bond acceptors (Lipinski definition) is 3. The average Bonchev–Trinajstić information content (AvgIpc) is 2.88. The molecule has 0 aliphatic carbocycles. The number of aryl methyl sites for hydroxylation is 1. The zero-order valence-corrected chi connectivity index (χ0v) is 14.2. The lowest BCUT2D eigenvalue weighted by atomic mass is 10.1. The molecule has 0 saturated carbocycles. The van der Waals surface area contributed by atoms with E-state index in [-0.39, 0.29) is 6.09 Å². The van der Waals surface area contributed by atoms with Gasteiger partial charge in [-0.3, -0.25) is 0 Å². The van der Waals surface area contributed by atoms with Crippen molar-refractivity contribution in [1.29, 1.82) is 0 Å². The number of carbonyl (C=O) groups is 1. The predicted octanol–water partition coefficient (Wildman–Crippen LogP) is 3.14. The van der Waals surface area contributed by atoms with Crippen molar-refractivity contribution in [2.75, 3.05) is 19.6 Å². The van der Waals surface area contributed by atoms with E-state index in [1.54, 1.807) is 4.90 Å². The van der Waals surface area contributed by atoms with E-state index in [4.69, 9.17) is 4.74 Å². The second-order valence-corrected chi connectivity index (χ2v) is 7.04. The molecule has 1 N–H and O–H groups in total. The van der Waals surface area contributed by atoms with Gasteiger partial charge in [-0.1, -0.05) is 24.3 Å². The zero-order chi connectivity index (χ0) is 16.2. The van der Waals surface area contributed by atoms with E-state index in [0.717, 1.165) is 32.5 Å². The number of hydrogen-bond donors (Lipinski definition) is 1. The van der Waals surface area contributed by atoms with Gasteiger partial charge < -0.3 is 15.0 Å². The van der Waals surface area contributed by atoms with E-state index < -0.39 is 5.60 Å². The second kappa shape index (κ2) is 7.14. The molecule has 1 saturated heterocycles. The molecule has 1 amide bonds. The van der Waals surface area contributed by atoms with Gasteiger partial charge in [0.15, 0.2) is 0 Å². The molecule has 0 radical (unpaired) electrons. The van der Waals surface area contributed by atoms with Crippen LogP contribution in [0.2, 0.25) is 0 Å². The molecule has 0 aromatic heterocycles. The lowest BCUT2D eigenvalue weighted by Gasteiger charge is -2.24. The number of likely N-dealkylation sites (tertiary alicyclic amines) is 1. The topological polar surface area (TPSA) is 41.6 Å². The summed E-state index contributed by atoms with van der Waals surface area (Å²) in [4.78, 5) is 13.8. The summed E-state index contributed by atoms with van der Waals surface area (Å²) in [6.07, 6.45) is 1.82. The van der Waals surface area contributed by atoms with Gasteiger partial charge in [0.25, 0.3) is 0 Å². The summed E-state index contributed by atoms with van der Waals surface area (Å²) in [5, 5.41) is 3.56. The average molecular weight is 304 g/mol. The van der Waals surface area contributed by atoms with Gasteiger partial charge in [0.1, 0.15) is 5.60 Å². The SMILES string of the molecule is Cc1ccccc1CCNC1CCN(C(=O)OC(C)(C)C)C1. The maximum atomic E-state index is 12.0. The van der Waals surface area contributed by atoms with Gasteiger partial charge in [0, 0.05) is 19.1 Å². The molecule has 0 bridgehead atoms. The molecule has 1 aliphatic heterocycles. The van der Waals surface area contributed by atoms with Gasteiger partial charge in [-0.2, -0.15) is 0 Å². The number of rotatable bonds is 4. The lowest BCUT2D eigenvalue weighted by molar-refractivity contribution is 0.0291. The fourth-order valence-electron chi connectivity index (χ4n) is 2.72. The highest BCUT2D eigenvalue weighted by Gasteiger charge is 2.29. The van der Waals surface area contributed by atoms with Crippen molar-refractivity contribution in [2.24, 2.45) is 0 Å². The first kappa shape index (κ1) is 16.8. The number of nitrogens with one attached hydrogen (secondary N) is 1. The number of ether oxygens (including phenoxy) is 1. The summed E-state index contributed by atoms with van der Waals surface area (Å²) < 4.78 is 5.42. The minimum atomic E-state index is -0.423. The fourth-order valence-corrected chi connectivity index (χ4v) is 2.72. The first-order valence-electron chi connectivity index (χ1n) is 8.11. The standard InChI is InChI=1S/C18H28N2O2/c1-14-7-5-6-8-15(14)9-11-19-16-10-12-20(13-16)17(21)22-18(2,3)4/h5-8,16,19H,9-13H2,1-4H3. The molecule has 1 heterocycles. The van der Waals surface area contributed by atoms with Crippen molar-refractivity contribution in [1.82, 2.24) is 10.2 Å². The molecule has 122 valence electrons. The Labute approximate surface area is 133 Å². The first-order valence-corrected chi connectivity index (χ1v) is 8.11. The zero-order valence-electron chi connectivity index (χ0n) is 14.2. The smallest absolute Gasteiger partial charge is 0.410 e. The Balaban J connectivity index is 1.73. The van der Waals surface area contributed by atoms with Crippen LogP contribution in [-0.4, -0.2) is 42.3 Å². The normalized spacial score (nSPS) is 18.5. The Bertz CT molecular complexity index is 508. The van der Waals surface area contributed by atoms with Gasteiger partial charge in [-0.15, -0.1) is 0 Å². The molecular weight excluding hydrogens is 276 g/mol. The highest BCUT2D eigenvalue weighted by Crippen LogP contribution is 2.15. The van der Waals surface area contributed by atoms with Crippen molar-refractivity contribution in [3.8, 4) is 0 Å². The molecule has 1 unspecified atom stereocenters. The fraction of sp³-hybridized carbons (Fsp3) is 0.611. The van der Waals surface area contributed by atoms with E-state index >= 15 is 0 Å². The molecule has 2 rings (SSSR count). The summed E-state index contributed by atoms with van der Waals surface area (Å²) in [7, 11) is 0. The number of carbonyl (C=O) groups excluding carboxylic acids is 1. The molecule has 1 aromatic carbocycles. The van der Waals surface area contributed by atoms with E-state index in [1.807, 2.05) is 20.8 Å². The number of benzene rings is 1. The van der Waals surface area contributed by atoms with Gasteiger partial charge in [0.05, 0.1) is 0 Å². The van der Waals surface area contributed by atoms with Crippen molar-refractivity contribution >= 4 is 6.09 Å². The van der Waals surface area contributed by atoms with Gasteiger partial charge in [0.2, 0.25) is 0 Å². The van der Waals surface area contributed by atoms with Crippen LogP contribution < -0.4 is 5.32 Å². The minimum absolute atomic E-state index is 0.198. The molecule has 4 nitrogen and oxygen atoms in total. The summed E-state index contributed by atoms with van der Waals surface area (Å²) in [5.41, 5.74) is 2.30. The van der Waals surface area contributed by atoms with E-state index in [2.05, 4.69) is 36.5 Å². The molecule has 1 aliphatic rings. The van der Waals surface area contributed by atoms with Crippen LogP contribution in [0.3, 0.4) is 0 Å². The summed E-state index contributed by atoms with van der Waals surface area (Å²) in [6, 6.07) is 8.86. The van der Waals surface area contributed by atoms with Crippen LogP contribution in [0, 0.1) is 6.92 Å². The summed E-state index contributed by atoms with van der Waals surface area (Å²) in [6.45, 7) is 10.3. The Morgan fingerprint density at radius 3 is 2.77 bits per heavy atom. The Morgan fingerprint density at radius 1 is 1.36 bits per heavy atom. The van der Waals surface area contributed by atoms with Crippen LogP contribution in [0.15, 0.2) is 24.3 Å². The Morgan fingerprint density at radius 2 is 2.09 bits per heavy atom. The largest absolute Gasteiger partial charge is 0.444 e. The first-order chi connectivity index (χ1) is 10.3. The van der Waals surface area contributed by atoms with Crippen LogP contribution in [-0.2, 0) is 11.2 Å². The molecular formula is C18H28N2O2. The Hall–Kier alpha value is -1.55. The molecule has 22 heavy (non-hydrogen) atoms. The molecule has 1 aromatic rings. The van der Waals surface area contributed by atoms with E-state index in [9.17, 15) is 4.79 Å². The van der Waals surface area contributed by atoms with Crippen LogP contribution in [0.25, 0.3) is 0 Å². The predicted molar refractivity (Wildman–Crippen MR) is 89.1 cm³/mol. The van der Waals surface area contributed by atoms with Crippen LogP contribution in [0.5, 0.6) is 0 Å². The van der Waals surface area contributed by atoms with Crippen molar-refractivity contribution in [2.45, 2.75) is 52.2 Å². The quantitative estimate of drug-likeness (QED) is 0.929. The molecule has 4 heteroatoms. The van der Waals surface area contributed by atoms with E-state index in [0.29, 0.717) is 6.04 Å². The van der Waals surface area contributed by atoms with Crippen molar-refractivity contribution < 1.29 is 9.53 Å². The molecule has 1 fully saturated rings. The highest BCUT2D eigenvalue weighted by atomic mass is 16.6. The third-order valence-electron chi connectivity index (χ3n) is 3.93. The van der Waals surface area contributed by atoms with Gasteiger partial charge >= 0.3 is 6.09 Å². The van der Waals surface area contributed by atoms with Crippen LogP contribution >= 0.6 is 0 Å². The molecule has 1 atom stereocenters.